The molecule has 128 valence electrons. The average molecular weight is 344 g/mol. The molecule has 1 aromatic carbocycles. The summed E-state index contributed by atoms with van der Waals surface area (Å²) in [5.41, 5.74) is 2.54. The number of fused-ring (bicyclic) bond motifs is 1. The van der Waals surface area contributed by atoms with Gasteiger partial charge in [-0.2, -0.15) is 0 Å². The number of carbonyl (C=O) groups excluding carboxylic acids is 1. The summed E-state index contributed by atoms with van der Waals surface area (Å²) in [6.07, 6.45) is 3.08. The van der Waals surface area contributed by atoms with E-state index in [0.717, 1.165) is 24.1 Å². The van der Waals surface area contributed by atoms with Crippen LogP contribution in [-0.4, -0.2) is 29.2 Å². The highest BCUT2D eigenvalue weighted by molar-refractivity contribution is 7.11. The van der Waals surface area contributed by atoms with E-state index in [1.807, 2.05) is 12.1 Å². The van der Waals surface area contributed by atoms with E-state index in [1.165, 1.54) is 16.0 Å². The van der Waals surface area contributed by atoms with Crippen LogP contribution in [0.1, 0.15) is 39.8 Å². The third kappa shape index (κ3) is 3.79. The van der Waals surface area contributed by atoms with Gasteiger partial charge in [0.05, 0.1) is 19.2 Å². The highest BCUT2D eigenvalue weighted by Crippen LogP contribution is 2.34. The minimum Gasteiger partial charge on any atom is -0.395 e. The fraction of sp³-hybridized carbons (Fsp3) is 0.421. The Labute approximate surface area is 147 Å². The minimum atomic E-state index is -0.100. The van der Waals surface area contributed by atoms with Crippen LogP contribution in [-0.2, 0) is 13.0 Å². The number of thiophene rings is 1. The Hall–Kier alpha value is -1.85. The summed E-state index contributed by atoms with van der Waals surface area (Å²) in [6.45, 7) is 2.93. The van der Waals surface area contributed by atoms with E-state index in [1.54, 1.807) is 16.2 Å². The lowest BCUT2D eigenvalue weighted by Crippen LogP contribution is -2.44. The molecule has 0 saturated heterocycles. The number of aryl methyl sites for hydroxylation is 2. The number of urea groups is 1. The lowest BCUT2D eigenvalue weighted by atomic mass is 9.87. The number of amides is 2. The number of aliphatic hydroxyl groups is 1. The maximum Gasteiger partial charge on any atom is 0.318 e. The molecule has 1 atom stereocenters. The van der Waals surface area contributed by atoms with Crippen LogP contribution in [0.3, 0.4) is 0 Å². The van der Waals surface area contributed by atoms with Crippen LogP contribution in [0.15, 0.2) is 36.4 Å². The molecular formula is C19H24N2O2S. The average Bonchev–Trinajstić information content (AvgIpc) is 3.02. The summed E-state index contributed by atoms with van der Waals surface area (Å²) in [4.78, 5) is 16.9. The van der Waals surface area contributed by atoms with Crippen molar-refractivity contribution in [2.75, 3.05) is 13.2 Å². The summed E-state index contributed by atoms with van der Waals surface area (Å²) in [5, 5.41) is 12.4. The zero-order valence-electron chi connectivity index (χ0n) is 14.0. The lowest BCUT2D eigenvalue weighted by molar-refractivity contribution is 0.144. The van der Waals surface area contributed by atoms with E-state index in [2.05, 4.69) is 36.5 Å². The maximum atomic E-state index is 12.7. The molecule has 0 saturated carbocycles. The number of rotatable bonds is 5. The number of benzene rings is 1. The highest BCUT2D eigenvalue weighted by Gasteiger charge is 2.28. The van der Waals surface area contributed by atoms with E-state index in [9.17, 15) is 9.90 Å². The quantitative estimate of drug-likeness (QED) is 0.870. The third-order valence-corrected chi connectivity index (χ3v) is 5.53. The summed E-state index contributed by atoms with van der Waals surface area (Å²) in [6, 6.07) is 12.4. The van der Waals surface area contributed by atoms with E-state index < -0.39 is 0 Å². The molecule has 0 aliphatic heterocycles. The normalized spacial score (nSPS) is 16.5. The molecule has 24 heavy (non-hydrogen) atoms. The van der Waals surface area contributed by atoms with Crippen LogP contribution in [0.2, 0.25) is 0 Å². The Morgan fingerprint density at radius 2 is 2.17 bits per heavy atom. The molecule has 2 amide bonds. The zero-order chi connectivity index (χ0) is 16.9. The second kappa shape index (κ2) is 7.81. The van der Waals surface area contributed by atoms with Gasteiger partial charge in [0.2, 0.25) is 0 Å². The molecule has 1 aliphatic carbocycles. The Morgan fingerprint density at radius 3 is 2.92 bits per heavy atom. The Balaban J connectivity index is 1.73. The number of hydrogen-bond acceptors (Lipinski definition) is 3. The summed E-state index contributed by atoms with van der Waals surface area (Å²) in [7, 11) is 0. The van der Waals surface area contributed by atoms with Crippen molar-refractivity contribution in [1.29, 1.82) is 0 Å². The molecule has 1 aliphatic rings. The lowest BCUT2D eigenvalue weighted by Gasteiger charge is -2.35. The molecule has 0 fully saturated rings. The monoisotopic (exact) mass is 344 g/mol. The van der Waals surface area contributed by atoms with Crippen molar-refractivity contribution in [3.05, 3.63) is 57.3 Å². The zero-order valence-corrected chi connectivity index (χ0v) is 14.8. The molecule has 2 aromatic rings. The molecular weight excluding hydrogens is 320 g/mol. The van der Waals surface area contributed by atoms with E-state index in [0.29, 0.717) is 13.1 Å². The second-order valence-corrected chi connectivity index (χ2v) is 7.57. The Kier molecular flexibility index (Phi) is 5.53. The molecule has 1 unspecified atom stereocenters. The van der Waals surface area contributed by atoms with Crippen LogP contribution in [0.4, 0.5) is 4.79 Å². The summed E-state index contributed by atoms with van der Waals surface area (Å²) in [5.74, 6) is 0. The van der Waals surface area contributed by atoms with Crippen molar-refractivity contribution >= 4 is 17.4 Å². The summed E-state index contributed by atoms with van der Waals surface area (Å²) < 4.78 is 0. The maximum absolute atomic E-state index is 12.7. The largest absolute Gasteiger partial charge is 0.395 e. The summed E-state index contributed by atoms with van der Waals surface area (Å²) >= 11 is 1.70. The first-order valence-corrected chi connectivity index (χ1v) is 9.29. The van der Waals surface area contributed by atoms with Crippen molar-refractivity contribution < 1.29 is 9.90 Å². The fourth-order valence-corrected chi connectivity index (χ4v) is 4.23. The second-order valence-electron chi connectivity index (χ2n) is 6.19. The number of nitrogens with zero attached hydrogens (tertiary/aromatic N) is 1. The predicted molar refractivity (Wildman–Crippen MR) is 97.2 cm³/mol. The SMILES string of the molecule is Cc1ccc(CNC(=O)N(CCO)C2CCCc3ccccc32)s1. The Bertz CT molecular complexity index is 698. The van der Waals surface area contributed by atoms with Crippen LogP contribution in [0.5, 0.6) is 0 Å². The molecule has 0 spiro atoms. The first kappa shape index (κ1) is 17.0. The van der Waals surface area contributed by atoms with Gasteiger partial charge < -0.3 is 15.3 Å². The van der Waals surface area contributed by atoms with Crippen molar-refractivity contribution in [3.63, 3.8) is 0 Å². The van der Waals surface area contributed by atoms with Crippen LogP contribution >= 0.6 is 11.3 Å². The van der Waals surface area contributed by atoms with Gasteiger partial charge in [-0.15, -0.1) is 11.3 Å². The van der Waals surface area contributed by atoms with Crippen LogP contribution < -0.4 is 5.32 Å². The molecule has 4 nitrogen and oxygen atoms in total. The van der Waals surface area contributed by atoms with Crippen molar-refractivity contribution in [3.8, 4) is 0 Å². The van der Waals surface area contributed by atoms with Gasteiger partial charge in [-0.25, -0.2) is 4.79 Å². The number of hydrogen-bond donors (Lipinski definition) is 2. The molecule has 5 heteroatoms. The van der Waals surface area contributed by atoms with E-state index >= 15 is 0 Å². The van der Waals surface area contributed by atoms with Gasteiger partial charge >= 0.3 is 6.03 Å². The highest BCUT2D eigenvalue weighted by atomic mass is 32.1. The number of aliphatic hydroxyl groups excluding tert-OH is 1. The number of carbonyl (C=O) groups is 1. The topological polar surface area (TPSA) is 52.6 Å². The van der Waals surface area contributed by atoms with Crippen LogP contribution in [0.25, 0.3) is 0 Å². The van der Waals surface area contributed by atoms with E-state index in [-0.39, 0.29) is 18.7 Å². The van der Waals surface area contributed by atoms with Crippen molar-refractivity contribution in [1.82, 2.24) is 10.2 Å². The molecule has 3 rings (SSSR count). The van der Waals surface area contributed by atoms with Crippen molar-refractivity contribution in [2.24, 2.45) is 0 Å². The van der Waals surface area contributed by atoms with Crippen molar-refractivity contribution in [2.45, 2.75) is 38.8 Å². The van der Waals surface area contributed by atoms with Gasteiger partial charge in [0.1, 0.15) is 0 Å². The first-order valence-electron chi connectivity index (χ1n) is 8.47. The van der Waals surface area contributed by atoms with Crippen LogP contribution in [0, 0.1) is 6.92 Å². The fourth-order valence-electron chi connectivity index (χ4n) is 3.40. The minimum absolute atomic E-state index is 0.0236. The molecule has 0 radical (unpaired) electrons. The Morgan fingerprint density at radius 1 is 1.33 bits per heavy atom. The van der Waals surface area contributed by atoms with Gasteiger partial charge in [-0.1, -0.05) is 24.3 Å². The molecule has 0 bridgehead atoms. The van der Waals surface area contributed by atoms with Gasteiger partial charge in [0, 0.05) is 16.3 Å². The molecule has 2 N–H and O–H groups in total. The van der Waals surface area contributed by atoms with Gasteiger partial charge in [0.15, 0.2) is 0 Å². The standard InChI is InChI=1S/C19H24N2O2S/c1-14-9-10-16(24-14)13-20-19(23)21(11-12-22)18-8-4-6-15-5-2-3-7-17(15)18/h2-3,5,7,9-10,18,22H,4,6,8,11-13H2,1H3,(H,20,23). The number of nitrogens with one attached hydrogen (secondary N) is 1. The smallest absolute Gasteiger partial charge is 0.318 e. The molecule has 1 heterocycles. The van der Waals surface area contributed by atoms with Gasteiger partial charge in [-0.3, -0.25) is 0 Å². The van der Waals surface area contributed by atoms with Gasteiger partial charge in [-0.05, 0) is 49.4 Å². The molecule has 1 aromatic heterocycles. The first-order chi connectivity index (χ1) is 11.7. The third-order valence-electron chi connectivity index (χ3n) is 4.53. The van der Waals surface area contributed by atoms with Gasteiger partial charge in [0.25, 0.3) is 0 Å². The predicted octanol–water partition coefficient (Wildman–Crippen LogP) is 3.64. The van der Waals surface area contributed by atoms with E-state index in [4.69, 9.17) is 0 Å².